The fourth-order valence-electron chi connectivity index (χ4n) is 2.81. The van der Waals surface area contributed by atoms with Crippen molar-refractivity contribution in [2.45, 2.75) is 17.9 Å². The van der Waals surface area contributed by atoms with Gasteiger partial charge in [0.1, 0.15) is 18.4 Å². The van der Waals surface area contributed by atoms with E-state index in [9.17, 15) is 18.0 Å². The van der Waals surface area contributed by atoms with Crippen molar-refractivity contribution in [3.63, 3.8) is 0 Å². The van der Waals surface area contributed by atoms with Gasteiger partial charge < -0.3 is 14.8 Å². The van der Waals surface area contributed by atoms with Crippen LogP contribution in [0.3, 0.4) is 0 Å². The van der Waals surface area contributed by atoms with Gasteiger partial charge in [-0.1, -0.05) is 17.7 Å². The summed E-state index contributed by atoms with van der Waals surface area (Å²) < 4.78 is 38.6. The van der Waals surface area contributed by atoms with E-state index in [2.05, 4.69) is 15.0 Å². The molecule has 34 heavy (non-hydrogen) atoms. The number of rotatable bonds is 10. The number of amides is 1. The number of pyridine rings is 1. The van der Waals surface area contributed by atoms with Crippen molar-refractivity contribution < 1.29 is 27.5 Å². The van der Waals surface area contributed by atoms with E-state index in [-0.39, 0.29) is 29.4 Å². The van der Waals surface area contributed by atoms with Crippen LogP contribution in [0.5, 0.6) is 5.75 Å². The minimum absolute atomic E-state index is 0.0691. The van der Waals surface area contributed by atoms with E-state index in [1.807, 2.05) is 0 Å². The third-order valence-electron chi connectivity index (χ3n) is 4.43. The highest BCUT2D eigenvalue weighted by molar-refractivity contribution is 7.89. The molecule has 3 aromatic rings. The average molecular weight is 504 g/mol. The zero-order valence-electron chi connectivity index (χ0n) is 18.1. The van der Waals surface area contributed by atoms with Crippen LogP contribution in [0.4, 0.5) is 5.69 Å². The zero-order valence-corrected chi connectivity index (χ0v) is 19.7. The summed E-state index contributed by atoms with van der Waals surface area (Å²) in [7, 11) is -4.09. The quantitative estimate of drug-likeness (QED) is 0.407. The second-order valence-corrected chi connectivity index (χ2v) is 9.07. The summed E-state index contributed by atoms with van der Waals surface area (Å²) in [5, 5.41) is 2.98. The standard InChI is InChI=1S/C23H22ClN3O6S/c1-2-32-23(29)16-5-3-6-18(13-16)26-22(28)21(15-33-19-7-4-12-25-14-19)27-34(30,31)20-10-8-17(24)9-11-20/h3-14,21,27H,2,15H2,1H3,(H,26,28)/t21-/m0/s1. The maximum absolute atomic E-state index is 13.0. The van der Waals surface area contributed by atoms with E-state index < -0.39 is 27.9 Å². The molecule has 2 N–H and O–H groups in total. The highest BCUT2D eigenvalue weighted by Crippen LogP contribution is 2.16. The molecular formula is C23H22ClN3O6S. The van der Waals surface area contributed by atoms with Crippen molar-refractivity contribution in [3.05, 3.63) is 83.6 Å². The largest absolute Gasteiger partial charge is 0.490 e. The molecular weight excluding hydrogens is 482 g/mol. The predicted molar refractivity (Wildman–Crippen MR) is 126 cm³/mol. The number of carbonyl (C=O) groups is 2. The first kappa shape index (κ1) is 25.2. The minimum Gasteiger partial charge on any atom is -0.490 e. The molecule has 1 heterocycles. The van der Waals surface area contributed by atoms with Gasteiger partial charge >= 0.3 is 5.97 Å². The Labute approximate surface area is 202 Å². The molecule has 178 valence electrons. The van der Waals surface area contributed by atoms with E-state index in [0.29, 0.717) is 10.8 Å². The lowest BCUT2D eigenvalue weighted by Crippen LogP contribution is -2.47. The molecule has 0 spiro atoms. The summed E-state index contributed by atoms with van der Waals surface area (Å²) in [5.74, 6) is -0.878. The van der Waals surface area contributed by atoms with Gasteiger partial charge in [-0.3, -0.25) is 9.78 Å². The first-order valence-electron chi connectivity index (χ1n) is 10.2. The number of anilines is 1. The molecule has 0 aliphatic carbocycles. The van der Waals surface area contributed by atoms with E-state index in [1.165, 1.54) is 36.5 Å². The van der Waals surface area contributed by atoms with E-state index in [1.54, 1.807) is 43.5 Å². The second-order valence-electron chi connectivity index (χ2n) is 6.92. The molecule has 0 saturated heterocycles. The smallest absolute Gasteiger partial charge is 0.338 e. The molecule has 0 unspecified atom stereocenters. The number of halogens is 1. The van der Waals surface area contributed by atoms with Crippen molar-refractivity contribution in [1.82, 2.24) is 9.71 Å². The van der Waals surface area contributed by atoms with Gasteiger partial charge in [-0.25, -0.2) is 13.2 Å². The van der Waals surface area contributed by atoms with Gasteiger partial charge in [0.25, 0.3) is 0 Å². The monoisotopic (exact) mass is 503 g/mol. The van der Waals surface area contributed by atoms with E-state index in [0.717, 1.165) is 0 Å². The van der Waals surface area contributed by atoms with Crippen LogP contribution in [-0.4, -0.2) is 44.5 Å². The van der Waals surface area contributed by atoms with Gasteiger partial charge in [-0.2, -0.15) is 4.72 Å². The van der Waals surface area contributed by atoms with Crippen molar-refractivity contribution in [2.75, 3.05) is 18.5 Å². The molecule has 2 aromatic carbocycles. The van der Waals surface area contributed by atoms with E-state index in [4.69, 9.17) is 21.1 Å². The van der Waals surface area contributed by atoms with Crippen LogP contribution in [-0.2, 0) is 19.6 Å². The Morgan fingerprint density at radius 3 is 2.53 bits per heavy atom. The van der Waals surface area contributed by atoms with Crippen molar-refractivity contribution in [2.24, 2.45) is 0 Å². The lowest BCUT2D eigenvalue weighted by atomic mass is 10.2. The third kappa shape index (κ3) is 7.01. The van der Waals surface area contributed by atoms with Gasteiger partial charge in [-0.15, -0.1) is 0 Å². The molecule has 0 bridgehead atoms. The topological polar surface area (TPSA) is 124 Å². The van der Waals surface area contributed by atoms with Crippen LogP contribution in [0.25, 0.3) is 0 Å². The molecule has 1 atom stereocenters. The maximum Gasteiger partial charge on any atom is 0.338 e. The molecule has 11 heteroatoms. The second kappa shape index (κ2) is 11.6. The van der Waals surface area contributed by atoms with Crippen molar-refractivity contribution >= 4 is 39.2 Å². The number of ether oxygens (including phenoxy) is 2. The number of hydrogen-bond donors (Lipinski definition) is 2. The summed E-state index contributed by atoms with van der Waals surface area (Å²) in [6.07, 6.45) is 2.99. The Balaban J connectivity index is 1.81. The number of benzene rings is 2. The Bertz CT molecular complexity index is 1240. The fraction of sp³-hybridized carbons (Fsp3) is 0.174. The Kier molecular flexibility index (Phi) is 8.58. The highest BCUT2D eigenvalue weighted by Gasteiger charge is 2.27. The highest BCUT2D eigenvalue weighted by atomic mass is 35.5. The minimum atomic E-state index is -4.09. The zero-order chi connectivity index (χ0) is 24.6. The Hall–Kier alpha value is -3.47. The van der Waals surface area contributed by atoms with Crippen LogP contribution < -0.4 is 14.8 Å². The van der Waals surface area contributed by atoms with Gasteiger partial charge in [0.2, 0.25) is 15.9 Å². The molecule has 9 nitrogen and oxygen atoms in total. The molecule has 0 aliphatic heterocycles. The van der Waals surface area contributed by atoms with Gasteiger partial charge in [-0.05, 0) is 61.5 Å². The van der Waals surface area contributed by atoms with Crippen LogP contribution in [0.15, 0.2) is 78.0 Å². The fourth-order valence-corrected chi connectivity index (χ4v) is 4.12. The summed E-state index contributed by atoms with van der Waals surface area (Å²) >= 11 is 5.84. The van der Waals surface area contributed by atoms with Crippen LogP contribution in [0.1, 0.15) is 17.3 Å². The van der Waals surface area contributed by atoms with Gasteiger partial charge in [0.15, 0.2) is 0 Å². The summed E-state index contributed by atoms with van der Waals surface area (Å²) in [6.45, 7) is 1.57. The average Bonchev–Trinajstić information content (AvgIpc) is 2.83. The summed E-state index contributed by atoms with van der Waals surface area (Å²) in [5.41, 5.74) is 0.525. The molecule has 0 saturated carbocycles. The maximum atomic E-state index is 13.0. The number of nitrogens with one attached hydrogen (secondary N) is 2. The molecule has 1 aromatic heterocycles. The molecule has 1 amide bonds. The Morgan fingerprint density at radius 1 is 1.09 bits per heavy atom. The number of aromatic nitrogens is 1. The summed E-state index contributed by atoms with van der Waals surface area (Å²) in [4.78, 5) is 28.9. The SMILES string of the molecule is CCOC(=O)c1cccc(NC(=O)[C@H](COc2cccnc2)NS(=O)(=O)c2ccc(Cl)cc2)c1. The number of esters is 1. The number of sulfonamides is 1. The molecule has 0 radical (unpaired) electrons. The lowest BCUT2D eigenvalue weighted by molar-refractivity contribution is -0.118. The van der Waals surface area contributed by atoms with Crippen LogP contribution in [0, 0.1) is 0 Å². The summed E-state index contributed by atoms with van der Waals surface area (Å²) in [6, 6.07) is 13.6. The molecule has 3 rings (SSSR count). The lowest BCUT2D eigenvalue weighted by Gasteiger charge is -2.19. The predicted octanol–water partition coefficient (Wildman–Crippen LogP) is 3.28. The molecule has 0 fully saturated rings. The third-order valence-corrected chi connectivity index (χ3v) is 6.17. The van der Waals surface area contributed by atoms with Crippen molar-refractivity contribution in [3.8, 4) is 5.75 Å². The number of nitrogens with zero attached hydrogens (tertiary/aromatic N) is 1. The van der Waals surface area contributed by atoms with Gasteiger partial charge in [0, 0.05) is 16.9 Å². The van der Waals surface area contributed by atoms with Crippen LogP contribution >= 0.6 is 11.6 Å². The first-order valence-corrected chi connectivity index (χ1v) is 12.0. The number of hydrogen-bond acceptors (Lipinski definition) is 7. The van der Waals surface area contributed by atoms with Crippen molar-refractivity contribution in [1.29, 1.82) is 0 Å². The van der Waals surface area contributed by atoms with Gasteiger partial charge in [0.05, 0.1) is 23.3 Å². The first-order chi connectivity index (χ1) is 16.3. The van der Waals surface area contributed by atoms with Crippen LogP contribution in [0.2, 0.25) is 5.02 Å². The van der Waals surface area contributed by atoms with E-state index >= 15 is 0 Å². The Morgan fingerprint density at radius 2 is 1.85 bits per heavy atom. The number of carbonyl (C=O) groups excluding carboxylic acids is 2. The normalized spacial score (nSPS) is 11.9. The molecule has 0 aliphatic rings.